The van der Waals surface area contributed by atoms with E-state index in [1.165, 1.54) is 0 Å². The lowest BCUT2D eigenvalue weighted by molar-refractivity contribution is -0.122. The van der Waals surface area contributed by atoms with Gasteiger partial charge in [-0.2, -0.15) is 0 Å². The van der Waals surface area contributed by atoms with E-state index in [2.05, 4.69) is 5.92 Å². The fraction of sp³-hybridized carbons (Fsp3) is 0.118. The highest BCUT2D eigenvalue weighted by atomic mass is 16.1. The predicted octanol–water partition coefficient (Wildman–Crippen LogP) is 2.48. The van der Waals surface area contributed by atoms with Gasteiger partial charge in [0, 0.05) is 6.42 Å². The molecule has 0 aliphatic heterocycles. The summed E-state index contributed by atoms with van der Waals surface area (Å²) in [5.41, 5.74) is 6.38. The highest BCUT2D eigenvalue weighted by Crippen LogP contribution is 2.35. The van der Waals surface area contributed by atoms with Crippen LogP contribution in [0.2, 0.25) is 0 Å². The van der Waals surface area contributed by atoms with Gasteiger partial charge in [-0.1, -0.05) is 60.7 Å². The van der Waals surface area contributed by atoms with Crippen molar-refractivity contribution < 1.29 is 4.79 Å². The standard InChI is InChI=1S/C17H15NO/c1-2-13-17(16(18)19,14-9-5-3-6-10-14)15-11-7-4-8-12-15/h1,3-12H,13H2,(H2,18,19). The van der Waals surface area contributed by atoms with Crippen LogP contribution < -0.4 is 5.73 Å². The molecule has 0 atom stereocenters. The number of hydrogen-bond donors (Lipinski definition) is 1. The molecule has 19 heavy (non-hydrogen) atoms. The van der Waals surface area contributed by atoms with Crippen LogP contribution >= 0.6 is 0 Å². The molecule has 0 fully saturated rings. The van der Waals surface area contributed by atoms with Crippen LogP contribution in [0.25, 0.3) is 0 Å². The van der Waals surface area contributed by atoms with Crippen molar-refractivity contribution in [2.45, 2.75) is 11.8 Å². The average molecular weight is 249 g/mol. The number of terminal acetylenes is 1. The van der Waals surface area contributed by atoms with E-state index in [9.17, 15) is 4.79 Å². The highest BCUT2D eigenvalue weighted by Gasteiger charge is 2.39. The Kier molecular flexibility index (Phi) is 3.68. The molecule has 0 aliphatic rings. The molecule has 0 unspecified atom stereocenters. The number of benzene rings is 2. The van der Waals surface area contributed by atoms with Crippen LogP contribution in [0.5, 0.6) is 0 Å². The number of amides is 1. The van der Waals surface area contributed by atoms with Gasteiger partial charge in [0.15, 0.2) is 0 Å². The topological polar surface area (TPSA) is 43.1 Å². The van der Waals surface area contributed by atoms with Gasteiger partial charge in [0.05, 0.1) is 0 Å². The Hall–Kier alpha value is -2.53. The quantitative estimate of drug-likeness (QED) is 0.831. The molecule has 2 rings (SSSR count). The summed E-state index contributed by atoms with van der Waals surface area (Å²) in [6, 6.07) is 18.9. The Morgan fingerprint density at radius 1 is 1.00 bits per heavy atom. The van der Waals surface area contributed by atoms with Gasteiger partial charge < -0.3 is 5.73 Å². The predicted molar refractivity (Wildman–Crippen MR) is 76.3 cm³/mol. The molecular weight excluding hydrogens is 234 g/mol. The fourth-order valence-electron chi connectivity index (χ4n) is 2.34. The van der Waals surface area contributed by atoms with E-state index in [-0.39, 0.29) is 6.42 Å². The van der Waals surface area contributed by atoms with Crippen LogP contribution in [0, 0.1) is 12.3 Å². The molecule has 0 aliphatic carbocycles. The molecule has 0 heterocycles. The van der Waals surface area contributed by atoms with Crippen LogP contribution in [-0.4, -0.2) is 5.91 Å². The van der Waals surface area contributed by atoms with Gasteiger partial charge in [-0.3, -0.25) is 4.79 Å². The molecule has 2 aromatic carbocycles. The Morgan fingerprint density at radius 2 is 1.42 bits per heavy atom. The minimum atomic E-state index is -0.961. The number of hydrogen-bond acceptors (Lipinski definition) is 1. The maximum Gasteiger partial charge on any atom is 0.233 e. The summed E-state index contributed by atoms with van der Waals surface area (Å²) in [4.78, 5) is 12.1. The smallest absolute Gasteiger partial charge is 0.233 e. The maximum atomic E-state index is 12.1. The van der Waals surface area contributed by atoms with Crippen molar-refractivity contribution in [2.24, 2.45) is 5.73 Å². The lowest BCUT2D eigenvalue weighted by Crippen LogP contribution is -2.42. The molecule has 0 saturated heterocycles. The van der Waals surface area contributed by atoms with Crippen molar-refractivity contribution in [2.75, 3.05) is 0 Å². The highest BCUT2D eigenvalue weighted by molar-refractivity contribution is 5.91. The first kappa shape index (κ1) is 12.9. The number of nitrogens with two attached hydrogens (primary N) is 1. The fourth-order valence-corrected chi connectivity index (χ4v) is 2.34. The zero-order valence-corrected chi connectivity index (χ0v) is 10.5. The lowest BCUT2D eigenvalue weighted by Gasteiger charge is -2.30. The van der Waals surface area contributed by atoms with Gasteiger partial charge in [0.25, 0.3) is 0 Å². The molecule has 2 nitrogen and oxygen atoms in total. The van der Waals surface area contributed by atoms with Gasteiger partial charge in [-0.25, -0.2) is 0 Å². The Bertz CT molecular complexity index is 557. The third-order valence-corrected chi connectivity index (χ3v) is 3.32. The van der Waals surface area contributed by atoms with Crippen LogP contribution in [0.4, 0.5) is 0 Å². The van der Waals surface area contributed by atoms with E-state index >= 15 is 0 Å². The third-order valence-electron chi connectivity index (χ3n) is 3.32. The van der Waals surface area contributed by atoms with Gasteiger partial charge >= 0.3 is 0 Å². The summed E-state index contributed by atoms with van der Waals surface area (Å²) in [6.45, 7) is 0. The van der Waals surface area contributed by atoms with Crippen LogP contribution in [0.15, 0.2) is 60.7 Å². The number of carbonyl (C=O) groups excluding carboxylic acids is 1. The van der Waals surface area contributed by atoms with Gasteiger partial charge in [-0.05, 0) is 11.1 Å². The molecule has 0 spiro atoms. The number of rotatable bonds is 4. The van der Waals surface area contributed by atoms with Crippen molar-refractivity contribution in [3.05, 3.63) is 71.8 Å². The van der Waals surface area contributed by atoms with Crippen molar-refractivity contribution in [1.82, 2.24) is 0 Å². The van der Waals surface area contributed by atoms with Crippen LogP contribution in [-0.2, 0) is 10.2 Å². The largest absolute Gasteiger partial charge is 0.369 e. The first-order valence-corrected chi connectivity index (χ1v) is 6.06. The molecular formula is C17H15NO. The second kappa shape index (κ2) is 5.41. The first-order valence-electron chi connectivity index (χ1n) is 6.06. The molecule has 2 N–H and O–H groups in total. The third kappa shape index (κ3) is 2.23. The second-order valence-electron chi connectivity index (χ2n) is 4.38. The minimum Gasteiger partial charge on any atom is -0.369 e. The Labute approximate surface area is 113 Å². The summed E-state index contributed by atoms with van der Waals surface area (Å²) in [5.74, 6) is 2.16. The van der Waals surface area contributed by atoms with Gasteiger partial charge in [0.2, 0.25) is 5.91 Å². The zero-order chi connectivity index (χ0) is 13.7. The molecule has 94 valence electrons. The molecule has 2 heteroatoms. The van der Waals surface area contributed by atoms with E-state index in [4.69, 9.17) is 12.2 Å². The van der Waals surface area contributed by atoms with Crippen molar-refractivity contribution in [1.29, 1.82) is 0 Å². The van der Waals surface area contributed by atoms with Gasteiger partial charge in [-0.15, -0.1) is 12.3 Å². The lowest BCUT2D eigenvalue weighted by atomic mass is 9.71. The molecule has 2 aromatic rings. The maximum absolute atomic E-state index is 12.1. The van der Waals surface area contributed by atoms with Crippen molar-refractivity contribution in [3.8, 4) is 12.3 Å². The summed E-state index contributed by atoms with van der Waals surface area (Å²) >= 11 is 0. The Morgan fingerprint density at radius 3 is 1.74 bits per heavy atom. The molecule has 0 radical (unpaired) electrons. The minimum absolute atomic E-state index is 0.246. The average Bonchev–Trinajstić information content (AvgIpc) is 2.46. The summed E-state index contributed by atoms with van der Waals surface area (Å²) in [5, 5.41) is 0. The number of carbonyl (C=O) groups is 1. The summed E-state index contributed by atoms with van der Waals surface area (Å²) in [6.07, 6.45) is 5.72. The van der Waals surface area contributed by atoms with E-state index in [0.29, 0.717) is 0 Å². The van der Waals surface area contributed by atoms with Crippen LogP contribution in [0.1, 0.15) is 17.5 Å². The van der Waals surface area contributed by atoms with E-state index in [1.807, 2.05) is 60.7 Å². The van der Waals surface area contributed by atoms with Crippen molar-refractivity contribution >= 4 is 5.91 Å². The first-order chi connectivity index (χ1) is 9.21. The monoisotopic (exact) mass is 249 g/mol. The van der Waals surface area contributed by atoms with Gasteiger partial charge in [0.1, 0.15) is 5.41 Å². The van der Waals surface area contributed by atoms with Crippen molar-refractivity contribution in [3.63, 3.8) is 0 Å². The molecule has 1 amide bonds. The molecule has 0 bridgehead atoms. The molecule has 0 saturated carbocycles. The summed E-state index contributed by atoms with van der Waals surface area (Å²) < 4.78 is 0. The number of primary amides is 1. The molecule has 0 aromatic heterocycles. The zero-order valence-electron chi connectivity index (χ0n) is 10.5. The van der Waals surface area contributed by atoms with E-state index in [1.54, 1.807) is 0 Å². The Balaban J connectivity index is 2.69. The van der Waals surface area contributed by atoms with E-state index < -0.39 is 11.3 Å². The SMILES string of the molecule is C#CCC(C(N)=O)(c1ccccc1)c1ccccc1. The normalized spacial score (nSPS) is 10.7. The van der Waals surface area contributed by atoms with E-state index in [0.717, 1.165) is 11.1 Å². The van der Waals surface area contributed by atoms with Crippen LogP contribution in [0.3, 0.4) is 0 Å². The summed E-state index contributed by atoms with van der Waals surface area (Å²) in [7, 11) is 0. The second-order valence-corrected chi connectivity index (χ2v) is 4.38.